The first-order valence-electron chi connectivity index (χ1n) is 7.99. The lowest BCUT2D eigenvalue weighted by atomic mass is 10.1. The Labute approximate surface area is 137 Å². The molecule has 5 heteroatoms. The van der Waals surface area contributed by atoms with Gasteiger partial charge in [-0.2, -0.15) is 0 Å². The Morgan fingerprint density at radius 3 is 2.43 bits per heavy atom. The molecule has 1 aliphatic rings. The van der Waals surface area contributed by atoms with E-state index in [0.29, 0.717) is 6.42 Å². The van der Waals surface area contributed by atoms with Crippen molar-refractivity contribution >= 4 is 12.1 Å². The fraction of sp³-hybridized carbons (Fsp3) is 0.556. The lowest BCUT2D eigenvalue weighted by Crippen LogP contribution is -2.47. The van der Waals surface area contributed by atoms with E-state index in [1.807, 2.05) is 37.3 Å². The summed E-state index contributed by atoms with van der Waals surface area (Å²) in [7, 11) is 0. The third-order valence-corrected chi connectivity index (χ3v) is 3.90. The van der Waals surface area contributed by atoms with Gasteiger partial charge in [-0.15, -0.1) is 0 Å². The summed E-state index contributed by atoms with van der Waals surface area (Å²) in [6, 6.07) is 9.48. The Morgan fingerprint density at radius 2 is 1.91 bits per heavy atom. The largest absolute Gasteiger partial charge is 0.459 e. The van der Waals surface area contributed by atoms with Crippen molar-refractivity contribution < 1.29 is 19.1 Å². The molecule has 5 nitrogen and oxygen atoms in total. The molecule has 1 unspecified atom stereocenters. The van der Waals surface area contributed by atoms with Gasteiger partial charge < -0.3 is 14.8 Å². The predicted molar refractivity (Wildman–Crippen MR) is 86.7 cm³/mol. The van der Waals surface area contributed by atoms with E-state index in [1.165, 1.54) is 0 Å². The molecule has 1 aromatic rings. The molecule has 0 aromatic heterocycles. The molecule has 0 bridgehead atoms. The number of benzene rings is 1. The van der Waals surface area contributed by atoms with E-state index in [9.17, 15) is 9.59 Å². The van der Waals surface area contributed by atoms with Gasteiger partial charge >= 0.3 is 12.1 Å². The van der Waals surface area contributed by atoms with Crippen LogP contribution in [0.3, 0.4) is 0 Å². The quantitative estimate of drug-likeness (QED) is 0.845. The van der Waals surface area contributed by atoms with Crippen LogP contribution in [-0.4, -0.2) is 23.2 Å². The summed E-state index contributed by atoms with van der Waals surface area (Å²) in [5.41, 5.74) is -0.622. The zero-order chi connectivity index (χ0) is 17.1. The van der Waals surface area contributed by atoms with Crippen molar-refractivity contribution in [3.63, 3.8) is 0 Å². The summed E-state index contributed by atoms with van der Waals surface area (Å²) in [6.45, 7) is 7.56. The van der Waals surface area contributed by atoms with Gasteiger partial charge in [-0.25, -0.2) is 9.59 Å². The summed E-state index contributed by atoms with van der Waals surface area (Å²) < 4.78 is 10.7. The van der Waals surface area contributed by atoms with Gasteiger partial charge in [0.05, 0.1) is 0 Å². The van der Waals surface area contributed by atoms with E-state index in [0.717, 1.165) is 12.0 Å². The first kappa shape index (κ1) is 17.3. The van der Waals surface area contributed by atoms with Gasteiger partial charge in [0.2, 0.25) is 0 Å². The minimum Gasteiger partial charge on any atom is -0.459 e. The van der Waals surface area contributed by atoms with E-state index < -0.39 is 17.2 Å². The second kappa shape index (κ2) is 6.60. The third-order valence-electron chi connectivity index (χ3n) is 3.90. The number of hydrogen-bond donors (Lipinski definition) is 1. The molecule has 2 rings (SSSR count). The smallest absolute Gasteiger partial charge is 0.408 e. The Balaban J connectivity index is 1.97. The van der Waals surface area contributed by atoms with Crippen LogP contribution in [0.5, 0.6) is 0 Å². The number of ether oxygens (including phenoxy) is 2. The Hall–Kier alpha value is -2.04. The van der Waals surface area contributed by atoms with E-state index in [4.69, 9.17) is 9.47 Å². The van der Waals surface area contributed by atoms with Crippen LogP contribution in [-0.2, 0) is 20.9 Å². The second-order valence-electron chi connectivity index (χ2n) is 6.97. The van der Waals surface area contributed by atoms with E-state index in [-0.39, 0.29) is 18.5 Å². The Kier molecular flexibility index (Phi) is 4.97. The second-order valence-corrected chi connectivity index (χ2v) is 6.97. The molecule has 0 saturated heterocycles. The molecular formula is C18H25NO4. The van der Waals surface area contributed by atoms with Gasteiger partial charge in [0.1, 0.15) is 17.7 Å². The van der Waals surface area contributed by atoms with Crippen LogP contribution in [0.1, 0.15) is 46.1 Å². The van der Waals surface area contributed by atoms with E-state index in [2.05, 4.69) is 5.32 Å². The zero-order valence-electron chi connectivity index (χ0n) is 14.2. The lowest BCUT2D eigenvalue weighted by Gasteiger charge is -2.23. The summed E-state index contributed by atoms with van der Waals surface area (Å²) in [5, 5.41) is 2.73. The van der Waals surface area contributed by atoms with Crippen LogP contribution in [0.25, 0.3) is 0 Å². The molecule has 1 saturated carbocycles. The normalized spacial score (nSPS) is 23.0. The molecule has 1 fully saturated rings. The third kappa shape index (κ3) is 4.47. The number of carbonyl (C=O) groups excluding carboxylic acids is 2. The summed E-state index contributed by atoms with van der Waals surface area (Å²) in [4.78, 5) is 24.5. The maximum atomic E-state index is 12.5. The topological polar surface area (TPSA) is 64.6 Å². The zero-order valence-corrected chi connectivity index (χ0v) is 14.2. The molecule has 1 aromatic carbocycles. The first-order valence-corrected chi connectivity index (χ1v) is 7.99. The molecule has 0 spiro atoms. The highest BCUT2D eigenvalue weighted by molar-refractivity contribution is 5.89. The maximum Gasteiger partial charge on any atom is 0.408 e. The number of amides is 1. The van der Waals surface area contributed by atoms with Crippen LogP contribution >= 0.6 is 0 Å². The highest BCUT2D eigenvalue weighted by Crippen LogP contribution is 2.47. The highest BCUT2D eigenvalue weighted by atomic mass is 16.6. The molecule has 23 heavy (non-hydrogen) atoms. The van der Waals surface area contributed by atoms with Gasteiger partial charge in [-0.1, -0.05) is 43.7 Å². The minimum absolute atomic E-state index is 0.0956. The standard InChI is InChI=1S/C18H25NO4/c1-5-14-11-18(14,19-16(21)23-17(2,3)4)15(20)22-12-13-9-7-6-8-10-13/h6-10,14H,5,11-12H2,1-4H3,(H,19,21)/t14-,18?/m0/s1. The number of nitrogens with one attached hydrogen (secondary N) is 1. The van der Waals surface area contributed by atoms with Crippen molar-refractivity contribution in [2.45, 2.75) is 58.3 Å². The number of esters is 1. The van der Waals surface area contributed by atoms with Crippen LogP contribution in [0.15, 0.2) is 30.3 Å². The van der Waals surface area contributed by atoms with Crippen molar-refractivity contribution in [3.05, 3.63) is 35.9 Å². The number of alkyl carbamates (subject to hydrolysis) is 1. The molecule has 1 amide bonds. The van der Waals surface area contributed by atoms with E-state index >= 15 is 0 Å². The molecule has 0 aliphatic heterocycles. The van der Waals surface area contributed by atoms with Crippen molar-refractivity contribution in [2.24, 2.45) is 5.92 Å². The van der Waals surface area contributed by atoms with Crippen molar-refractivity contribution in [1.29, 1.82) is 0 Å². The van der Waals surface area contributed by atoms with Crippen LogP contribution < -0.4 is 5.32 Å². The molecular weight excluding hydrogens is 294 g/mol. The molecule has 0 heterocycles. The molecule has 1 aliphatic carbocycles. The Morgan fingerprint density at radius 1 is 1.26 bits per heavy atom. The monoisotopic (exact) mass is 319 g/mol. The fourth-order valence-electron chi connectivity index (χ4n) is 2.61. The van der Waals surface area contributed by atoms with Crippen molar-refractivity contribution in [1.82, 2.24) is 5.32 Å². The average molecular weight is 319 g/mol. The van der Waals surface area contributed by atoms with Crippen molar-refractivity contribution in [2.75, 3.05) is 0 Å². The Bertz CT molecular complexity index is 564. The van der Waals surface area contributed by atoms with Crippen LogP contribution in [0.2, 0.25) is 0 Å². The molecule has 2 atom stereocenters. The molecule has 1 N–H and O–H groups in total. The van der Waals surface area contributed by atoms with Gasteiger partial charge in [-0.3, -0.25) is 0 Å². The maximum absolute atomic E-state index is 12.5. The lowest BCUT2D eigenvalue weighted by molar-refractivity contribution is -0.149. The van der Waals surface area contributed by atoms with Gasteiger partial charge in [0.15, 0.2) is 0 Å². The highest BCUT2D eigenvalue weighted by Gasteiger charge is 2.62. The number of rotatable bonds is 5. The van der Waals surface area contributed by atoms with Gasteiger partial charge in [0.25, 0.3) is 0 Å². The van der Waals surface area contributed by atoms with Gasteiger partial charge in [-0.05, 0) is 38.7 Å². The SMILES string of the molecule is CC[C@H]1CC1(NC(=O)OC(C)(C)C)C(=O)OCc1ccccc1. The predicted octanol–water partition coefficient (Wildman–Crippen LogP) is 3.42. The van der Waals surface area contributed by atoms with Gasteiger partial charge in [0, 0.05) is 0 Å². The van der Waals surface area contributed by atoms with Crippen LogP contribution in [0.4, 0.5) is 4.79 Å². The summed E-state index contributed by atoms with van der Waals surface area (Å²) >= 11 is 0. The average Bonchev–Trinajstić information content (AvgIpc) is 3.18. The molecule has 0 radical (unpaired) electrons. The first-order chi connectivity index (χ1) is 10.8. The van der Waals surface area contributed by atoms with Crippen LogP contribution in [0, 0.1) is 5.92 Å². The van der Waals surface area contributed by atoms with Crippen molar-refractivity contribution in [3.8, 4) is 0 Å². The number of carbonyl (C=O) groups is 2. The van der Waals surface area contributed by atoms with E-state index in [1.54, 1.807) is 20.8 Å². The number of hydrogen-bond acceptors (Lipinski definition) is 4. The summed E-state index contributed by atoms with van der Waals surface area (Å²) in [5.74, 6) is -0.294. The minimum atomic E-state index is -0.939. The summed E-state index contributed by atoms with van der Waals surface area (Å²) in [6.07, 6.45) is 0.817. The molecule has 126 valence electrons. The fourth-order valence-corrected chi connectivity index (χ4v) is 2.61.